The van der Waals surface area contributed by atoms with Crippen LogP contribution in [0.25, 0.3) is 0 Å². The second-order valence-electron chi connectivity index (χ2n) is 6.54. The average molecular weight is 421 g/mol. The summed E-state index contributed by atoms with van der Waals surface area (Å²) in [6, 6.07) is 14.3. The number of hydrogen-bond acceptors (Lipinski definition) is 3. The van der Waals surface area contributed by atoms with Crippen LogP contribution in [0.4, 0.5) is 0 Å². The molecule has 1 aliphatic heterocycles. The van der Waals surface area contributed by atoms with Crippen molar-refractivity contribution >= 4 is 35.0 Å². The normalized spacial score (nSPS) is 14.1. The van der Waals surface area contributed by atoms with Gasteiger partial charge in [0, 0.05) is 32.6 Å². The fourth-order valence-electron chi connectivity index (χ4n) is 3.09. The molecule has 0 spiro atoms. The van der Waals surface area contributed by atoms with E-state index in [2.05, 4.69) is 0 Å². The molecule has 7 heteroatoms. The molecule has 0 atom stereocenters. The van der Waals surface area contributed by atoms with Crippen LogP contribution in [0.3, 0.4) is 0 Å². The topological polar surface area (TPSA) is 49.9 Å². The third-order valence-corrected chi connectivity index (χ3v) is 5.29. The monoisotopic (exact) mass is 420 g/mol. The van der Waals surface area contributed by atoms with Crippen LogP contribution < -0.4 is 4.74 Å². The minimum Gasteiger partial charge on any atom is -0.492 e. The number of hydrogen-bond donors (Lipinski definition) is 0. The minimum atomic E-state index is -0.0918. The van der Waals surface area contributed by atoms with Crippen molar-refractivity contribution in [2.24, 2.45) is 0 Å². The maximum Gasteiger partial charge on any atom is 0.255 e. The lowest BCUT2D eigenvalue weighted by molar-refractivity contribution is -0.132. The number of para-hydroxylation sites is 1. The first-order chi connectivity index (χ1) is 13.6. The summed E-state index contributed by atoms with van der Waals surface area (Å²) in [7, 11) is 0. The Morgan fingerprint density at radius 2 is 1.46 bits per heavy atom. The van der Waals surface area contributed by atoms with Crippen molar-refractivity contribution < 1.29 is 14.3 Å². The van der Waals surface area contributed by atoms with Crippen LogP contribution in [-0.2, 0) is 4.79 Å². The van der Waals surface area contributed by atoms with E-state index >= 15 is 0 Å². The number of ether oxygens (including phenoxy) is 1. The van der Waals surface area contributed by atoms with Crippen LogP contribution in [0.5, 0.6) is 5.75 Å². The summed E-state index contributed by atoms with van der Waals surface area (Å²) in [6.45, 7) is 2.50. The first kappa shape index (κ1) is 20.5. The SMILES string of the molecule is O=C(CCCOc1ccccc1Cl)N1CCN(C(=O)c2ccccc2Cl)CC1. The Kier molecular flexibility index (Phi) is 7.18. The number of carbonyl (C=O) groups excluding carboxylic acids is 2. The molecule has 0 saturated carbocycles. The third-order valence-electron chi connectivity index (χ3n) is 4.65. The highest BCUT2D eigenvalue weighted by molar-refractivity contribution is 6.33. The summed E-state index contributed by atoms with van der Waals surface area (Å²) < 4.78 is 5.62. The molecule has 0 aliphatic carbocycles. The number of nitrogens with zero attached hydrogens (tertiary/aromatic N) is 2. The standard InChI is InChI=1S/C21H22Cl2N2O3/c22-17-7-2-1-6-16(17)21(27)25-13-11-24(12-14-25)20(26)10-5-15-28-19-9-4-3-8-18(19)23/h1-4,6-9H,5,10-15H2. The van der Waals surface area contributed by atoms with Gasteiger partial charge < -0.3 is 14.5 Å². The average Bonchev–Trinajstić information content (AvgIpc) is 2.72. The lowest BCUT2D eigenvalue weighted by atomic mass is 10.1. The molecule has 2 aromatic carbocycles. The van der Waals surface area contributed by atoms with E-state index in [9.17, 15) is 9.59 Å². The third kappa shape index (κ3) is 5.18. The van der Waals surface area contributed by atoms with E-state index in [1.807, 2.05) is 12.1 Å². The summed E-state index contributed by atoms with van der Waals surface area (Å²) in [5, 5.41) is 1.01. The molecule has 5 nitrogen and oxygen atoms in total. The van der Waals surface area contributed by atoms with E-state index in [4.69, 9.17) is 27.9 Å². The molecular formula is C21H22Cl2N2O3. The maximum absolute atomic E-state index is 12.6. The molecular weight excluding hydrogens is 399 g/mol. The smallest absolute Gasteiger partial charge is 0.255 e. The van der Waals surface area contributed by atoms with E-state index in [-0.39, 0.29) is 11.8 Å². The van der Waals surface area contributed by atoms with Gasteiger partial charge in [-0.1, -0.05) is 47.5 Å². The molecule has 2 aromatic rings. The number of amides is 2. The Morgan fingerprint density at radius 1 is 0.857 bits per heavy atom. The summed E-state index contributed by atoms with van der Waals surface area (Å²) >= 11 is 12.2. The second-order valence-corrected chi connectivity index (χ2v) is 7.35. The number of piperazine rings is 1. The quantitative estimate of drug-likeness (QED) is 0.659. The molecule has 0 unspecified atom stereocenters. The van der Waals surface area contributed by atoms with Gasteiger partial charge in [0.25, 0.3) is 5.91 Å². The molecule has 2 amide bonds. The predicted molar refractivity (Wildman–Crippen MR) is 110 cm³/mol. The Bertz CT molecular complexity index is 836. The zero-order valence-electron chi connectivity index (χ0n) is 15.4. The molecule has 1 fully saturated rings. The molecule has 0 aromatic heterocycles. The zero-order chi connectivity index (χ0) is 19.9. The molecule has 0 radical (unpaired) electrons. The first-order valence-electron chi connectivity index (χ1n) is 9.25. The van der Waals surface area contributed by atoms with Gasteiger partial charge in [-0.2, -0.15) is 0 Å². The van der Waals surface area contributed by atoms with Crippen molar-refractivity contribution in [3.05, 3.63) is 64.1 Å². The van der Waals surface area contributed by atoms with Crippen LogP contribution in [0.15, 0.2) is 48.5 Å². The predicted octanol–water partition coefficient (Wildman–Crippen LogP) is 4.14. The van der Waals surface area contributed by atoms with Crippen molar-refractivity contribution in [2.75, 3.05) is 32.8 Å². The van der Waals surface area contributed by atoms with Crippen molar-refractivity contribution in [3.63, 3.8) is 0 Å². The largest absolute Gasteiger partial charge is 0.492 e. The number of rotatable bonds is 6. The highest BCUT2D eigenvalue weighted by atomic mass is 35.5. The Morgan fingerprint density at radius 3 is 2.14 bits per heavy atom. The maximum atomic E-state index is 12.6. The van der Waals surface area contributed by atoms with E-state index in [0.29, 0.717) is 67.0 Å². The molecule has 1 aliphatic rings. The Hall–Kier alpha value is -2.24. The Balaban J connectivity index is 1.41. The van der Waals surface area contributed by atoms with Crippen LogP contribution >= 0.6 is 23.2 Å². The lowest BCUT2D eigenvalue weighted by Gasteiger charge is -2.35. The summed E-state index contributed by atoms with van der Waals surface area (Å²) in [5.41, 5.74) is 0.501. The van der Waals surface area contributed by atoms with Gasteiger partial charge in [0.05, 0.1) is 22.2 Å². The summed E-state index contributed by atoms with van der Waals surface area (Å²) in [5.74, 6) is 0.613. The number of benzene rings is 2. The number of halogens is 2. The van der Waals surface area contributed by atoms with E-state index in [1.54, 1.807) is 46.2 Å². The van der Waals surface area contributed by atoms with Crippen LogP contribution in [0.2, 0.25) is 10.0 Å². The van der Waals surface area contributed by atoms with Crippen LogP contribution in [0.1, 0.15) is 23.2 Å². The molecule has 3 rings (SSSR count). The van der Waals surface area contributed by atoms with Gasteiger partial charge in [0.1, 0.15) is 5.75 Å². The van der Waals surface area contributed by atoms with Crippen LogP contribution in [-0.4, -0.2) is 54.4 Å². The van der Waals surface area contributed by atoms with Gasteiger partial charge in [-0.15, -0.1) is 0 Å². The molecule has 0 N–H and O–H groups in total. The van der Waals surface area contributed by atoms with Crippen molar-refractivity contribution in [1.29, 1.82) is 0 Å². The van der Waals surface area contributed by atoms with Gasteiger partial charge >= 0.3 is 0 Å². The van der Waals surface area contributed by atoms with Gasteiger partial charge in [-0.05, 0) is 30.7 Å². The first-order valence-corrected chi connectivity index (χ1v) is 10.0. The highest BCUT2D eigenvalue weighted by Gasteiger charge is 2.25. The highest BCUT2D eigenvalue weighted by Crippen LogP contribution is 2.23. The van der Waals surface area contributed by atoms with Gasteiger partial charge in [-0.3, -0.25) is 9.59 Å². The molecule has 28 heavy (non-hydrogen) atoms. The fourth-order valence-corrected chi connectivity index (χ4v) is 3.50. The van der Waals surface area contributed by atoms with Crippen molar-refractivity contribution in [3.8, 4) is 5.75 Å². The second kappa shape index (κ2) is 9.80. The van der Waals surface area contributed by atoms with Crippen molar-refractivity contribution in [2.45, 2.75) is 12.8 Å². The Labute approximate surface area is 174 Å². The van der Waals surface area contributed by atoms with Crippen molar-refractivity contribution in [1.82, 2.24) is 9.80 Å². The van der Waals surface area contributed by atoms with E-state index in [1.165, 1.54) is 0 Å². The summed E-state index contributed by atoms with van der Waals surface area (Å²) in [6.07, 6.45) is 1.02. The lowest BCUT2D eigenvalue weighted by Crippen LogP contribution is -2.50. The molecule has 0 bridgehead atoms. The molecule has 1 heterocycles. The van der Waals surface area contributed by atoms with Gasteiger partial charge in [-0.25, -0.2) is 0 Å². The zero-order valence-corrected chi connectivity index (χ0v) is 17.0. The summed E-state index contributed by atoms with van der Waals surface area (Å²) in [4.78, 5) is 28.5. The fraction of sp³-hybridized carbons (Fsp3) is 0.333. The van der Waals surface area contributed by atoms with Crippen LogP contribution in [0, 0.1) is 0 Å². The minimum absolute atomic E-state index is 0.0765. The number of carbonyl (C=O) groups is 2. The molecule has 1 saturated heterocycles. The van der Waals surface area contributed by atoms with E-state index < -0.39 is 0 Å². The van der Waals surface area contributed by atoms with E-state index in [0.717, 1.165) is 0 Å². The van der Waals surface area contributed by atoms with Gasteiger partial charge in [0.15, 0.2) is 0 Å². The molecule has 148 valence electrons. The van der Waals surface area contributed by atoms with Gasteiger partial charge in [0.2, 0.25) is 5.91 Å².